The zero-order chi connectivity index (χ0) is 16.2. The lowest BCUT2D eigenvalue weighted by Gasteiger charge is -2.02. The van der Waals surface area contributed by atoms with E-state index in [4.69, 9.17) is 4.42 Å². The molecule has 1 aromatic carbocycles. The average molecular weight is 335 g/mol. The number of benzene rings is 1. The van der Waals surface area contributed by atoms with Gasteiger partial charge in [0.05, 0.1) is 24.1 Å². The van der Waals surface area contributed by atoms with E-state index in [1.165, 1.54) is 5.56 Å². The second-order valence-corrected chi connectivity index (χ2v) is 5.95. The van der Waals surface area contributed by atoms with Crippen LogP contribution in [-0.4, -0.2) is 26.4 Å². The number of hydrogen-bond acceptors (Lipinski definition) is 6. The lowest BCUT2D eigenvalue weighted by molar-refractivity contribution is 0.560. The van der Waals surface area contributed by atoms with E-state index in [1.807, 2.05) is 30.3 Å². The highest BCUT2D eigenvalue weighted by molar-refractivity contribution is 7.98. The van der Waals surface area contributed by atoms with Crippen LogP contribution in [0.2, 0.25) is 0 Å². The van der Waals surface area contributed by atoms with Crippen molar-refractivity contribution in [1.82, 2.24) is 20.2 Å². The summed E-state index contributed by atoms with van der Waals surface area (Å²) in [7, 11) is 0. The van der Waals surface area contributed by atoms with Crippen LogP contribution in [0.5, 0.6) is 0 Å². The van der Waals surface area contributed by atoms with Gasteiger partial charge in [0.15, 0.2) is 16.6 Å². The van der Waals surface area contributed by atoms with E-state index in [9.17, 15) is 0 Å². The molecule has 4 aromatic rings. The van der Waals surface area contributed by atoms with Crippen LogP contribution in [0.1, 0.15) is 11.3 Å². The molecule has 0 spiro atoms. The highest BCUT2D eigenvalue weighted by Gasteiger charge is 2.09. The lowest BCUT2D eigenvalue weighted by Crippen LogP contribution is -1.90. The molecule has 0 saturated heterocycles. The Morgan fingerprint density at radius 2 is 2.04 bits per heavy atom. The summed E-state index contributed by atoms with van der Waals surface area (Å²) in [5.41, 5.74) is 1.89. The van der Waals surface area contributed by atoms with Gasteiger partial charge in [-0.05, 0) is 17.7 Å². The monoisotopic (exact) mass is 335 g/mol. The summed E-state index contributed by atoms with van der Waals surface area (Å²) < 4.78 is 5.26. The third-order valence-corrected chi connectivity index (χ3v) is 4.26. The molecule has 0 radical (unpaired) electrons. The predicted octanol–water partition coefficient (Wildman–Crippen LogP) is 3.99. The van der Waals surface area contributed by atoms with Gasteiger partial charge in [-0.15, -0.1) is 0 Å². The maximum Gasteiger partial charge on any atom is 0.191 e. The van der Waals surface area contributed by atoms with E-state index in [-0.39, 0.29) is 0 Å². The van der Waals surface area contributed by atoms with E-state index in [0.29, 0.717) is 22.4 Å². The second-order valence-electron chi connectivity index (χ2n) is 5.01. The first-order chi connectivity index (χ1) is 11.9. The van der Waals surface area contributed by atoms with Gasteiger partial charge in [0.25, 0.3) is 0 Å². The maximum absolute atomic E-state index is 5.26. The Morgan fingerprint density at radius 3 is 2.88 bits per heavy atom. The number of nitrogens with zero attached hydrogens (tertiary/aromatic N) is 4. The van der Waals surface area contributed by atoms with Crippen LogP contribution in [-0.2, 0) is 5.75 Å². The zero-order valence-corrected chi connectivity index (χ0v) is 13.4. The van der Waals surface area contributed by atoms with Crippen molar-refractivity contribution in [3.63, 3.8) is 0 Å². The molecule has 0 atom stereocenters. The molecule has 6 nitrogen and oxygen atoms in total. The molecule has 0 unspecified atom stereocenters. The summed E-state index contributed by atoms with van der Waals surface area (Å²) in [4.78, 5) is 13.5. The molecule has 3 heterocycles. The summed E-state index contributed by atoms with van der Waals surface area (Å²) in [6.45, 7) is 0. The Bertz CT molecular complexity index is 963. The van der Waals surface area contributed by atoms with Gasteiger partial charge in [-0.1, -0.05) is 42.1 Å². The van der Waals surface area contributed by atoms with E-state index >= 15 is 0 Å². The van der Waals surface area contributed by atoms with Crippen LogP contribution in [0, 0.1) is 0 Å². The van der Waals surface area contributed by atoms with Gasteiger partial charge >= 0.3 is 0 Å². The van der Waals surface area contributed by atoms with E-state index < -0.39 is 0 Å². The number of thioether (sulfide) groups is 1. The Kier molecular flexibility index (Phi) is 4.07. The summed E-state index contributed by atoms with van der Waals surface area (Å²) in [6.07, 6.45) is 4.92. The van der Waals surface area contributed by atoms with E-state index in [1.54, 1.807) is 30.4 Å². The van der Waals surface area contributed by atoms with Crippen LogP contribution in [0.3, 0.4) is 0 Å². The van der Waals surface area contributed by atoms with Crippen LogP contribution >= 0.6 is 11.8 Å². The fraction of sp³-hybridized carbons (Fsp3) is 0.0588. The maximum atomic E-state index is 5.26. The van der Waals surface area contributed by atoms with Crippen LogP contribution < -0.4 is 0 Å². The quantitative estimate of drug-likeness (QED) is 0.339. The highest BCUT2D eigenvalue weighted by atomic mass is 32.2. The second kappa shape index (κ2) is 6.67. The third kappa shape index (κ3) is 3.21. The molecule has 0 aliphatic heterocycles. The molecule has 1 N–H and O–H groups in total. The van der Waals surface area contributed by atoms with Gasteiger partial charge < -0.3 is 4.42 Å². The first-order valence-electron chi connectivity index (χ1n) is 7.34. The molecule has 0 saturated carbocycles. The Labute approximate surface area is 142 Å². The Hall–Kier alpha value is -2.93. The molecular weight excluding hydrogens is 322 g/mol. The topological polar surface area (TPSA) is 80.0 Å². The number of hydrogen-bond donors (Lipinski definition) is 1. The van der Waals surface area contributed by atoms with Crippen molar-refractivity contribution in [2.24, 2.45) is 4.99 Å². The van der Waals surface area contributed by atoms with Gasteiger partial charge in [0.2, 0.25) is 0 Å². The van der Waals surface area contributed by atoms with Gasteiger partial charge in [0, 0.05) is 5.75 Å². The fourth-order valence-electron chi connectivity index (χ4n) is 2.17. The van der Waals surface area contributed by atoms with Crippen molar-refractivity contribution < 1.29 is 4.42 Å². The fourth-order valence-corrected chi connectivity index (χ4v) is 2.97. The van der Waals surface area contributed by atoms with E-state index in [0.717, 1.165) is 11.1 Å². The summed E-state index contributed by atoms with van der Waals surface area (Å²) in [5, 5.41) is 8.35. The normalized spacial score (nSPS) is 11.5. The molecule has 0 fully saturated rings. The SMILES string of the molecule is C(=Nc1nc(SCc2ccccc2)nc2[nH]ncc12)c1ccco1. The van der Waals surface area contributed by atoms with Crippen molar-refractivity contribution >= 4 is 34.8 Å². The first-order valence-corrected chi connectivity index (χ1v) is 8.32. The van der Waals surface area contributed by atoms with Crippen molar-refractivity contribution in [3.8, 4) is 0 Å². The number of aliphatic imine (C=N–C) groups is 1. The van der Waals surface area contributed by atoms with Gasteiger partial charge in [-0.25, -0.2) is 15.0 Å². The van der Waals surface area contributed by atoms with Crippen molar-refractivity contribution in [1.29, 1.82) is 0 Å². The molecular formula is C17H13N5OS. The number of furan rings is 1. The van der Waals surface area contributed by atoms with Gasteiger partial charge in [-0.2, -0.15) is 5.10 Å². The minimum absolute atomic E-state index is 0.570. The summed E-state index contributed by atoms with van der Waals surface area (Å²) >= 11 is 1.56. The van der Waals surface area contributed by atoms with Crippen molar-refractivity contribution in [2.75, 3.05) is 0 Å². The minimum atomic E-state index is 0.570. The molecule has 24 heavy (non-hydrogen) atoms. The molecule has 0 bridgehead atoms. The smallest absolute Gasteiger partial charge is 0.191 e. The molecule has 0 aliphatic rings. The third-order valence-electron chi connectivity index (χ3n) is 3.34. The van der Waals surface area contributed by atoms with Gasteiger partial charge in [-0.3, -0.25) is 5.10 Å². The molecule has 3 aromatic heterocycles. The highest BCUT2D eigenvalue weighted by Crippen LogP contribution is 2.26. The predicted molar refractivity (Wildman–Crippen MR) is 93.6 cm³/mol. The zero-order valence-electron chi connectivity index (χ0n) is 12.6. The van der Waals surface area contributed by atoms with Crippen molar-refractivity contribution in [2.45, 2.75) is 10.9 Å². The molecule has 4 rings (SSSR count). The average Bonchev–Trinajstić information content (AvgIpc) is 3.30. The lowest BCUT2D eigenvalue weighted by atomic mass is 10.2. The van der Waals surface area contributed by atoms with Crippen LogP contribution in [0.4, 0.5) is 5.82 Å². The molecule has 7 heteroatoms. The Balaban J connectivity index is 1.62. The minimum Gasteiger partial charge on any atom is -0.463 e. The number of fused-ring (bicyclic) bond motifs is 1. The molecule has 0 amide bonds. The number of H-pyrrole nitrogens is 1. The molecule has 118 valence electrons. The first kappa shape index (κ1) is 14.6. The van der Waals surface area contributed by atoms with Crippen LogP contribution in [0.25, 0.3) is 11.0 Å². The Morgan fingerprint density at radius 1 is 1.12 bits per heavy atom. The van der Waals surface area contributed by atoms with Crippen molar-refractivity contribution in [3.05, 3.63) is 66.2 Å². The van der Waals surface area contributed by atoms with Gasteiger partial charge in [0.1, 0.15) is 5.76 Å². The molecule has 0 aliphatic carbocycles. The summed E-state index contributed by atoms with van der Waals surface area (Å²) in [6, 6.07) is 13.9. The standard InChI is InChI=1S/C17H13N5OS/c1-2-5-12(6-3-1)11-24-17-20-15(14-10-19-22-16(14)21-17)18-9-13-7-4-8-23-13/h1-10H,11H2,(H,19,20,21,22). The largest absolute Gasteiger partial charge is 0.463 e. The number of aromatic nitrogens is 4. The number of aromatic amines is 1. The van der Waals surface area contributed by atoms with E-state index in [2.05, 4.69) is 37.3 Å². The number of nitrogens with one attached hydrogen (secondary N) is 1. The van der Waals surface area contributed by atoms with Crippen LogP contribution in [0.15, 0.2) is 69.5 Å². The summed E-state index contributed by atoms with van der Waals surface area (Å²) in [5.74, 6) is 2.03. The number of rotatable bonds is 5.